The molecular weight excluding hydrogens is 294 g/mol. The van der Waals surface area contributed by atoms with Crippen molar-refractivity contribution in [3.05, 3.63) is 34.9 Å². The molecule has 3 aliphatic rings. The molecule has 0 aromatic heterocycles. The number of amides is 3. The molecule has 0 bridgehead atoms. The summed E-state index contributed by atoms with van der Waals surface area (Å²) in [4.78, 5) is 40.0. The van der Waals surface area contributed by atoms with Crippen molar-refractivity contribution in [2.24, 2.45) is 0 Å². The maximum atomic E-state index is 12.7. The van der Waals surface area contributed by atoms with Crippen LogP contribution < -0.4 is 5.32 Å². The summed E-state index contributed by atoms with van der Waals surface area (Å²) in [6.07, 6.45) is 0.697. The van der Waals surface area contributed by atoms with Gasteiger partial charge in [-0.3, -0.25) is 19.7 Å². The number of fused-ring (bicyclic) bond motifs is 1. The van der Waals surface area contributed by atoms with E-state index < -0.39 is 6.04 Å². The Balaban J connectivity index is 1.62. The van der Waals surface area contributed by atoms with Crippen LogP contribution in [0.5, 0.6) is 0 Å². The molecule has 0 saturated carbocycles. The molecule has 6 heteroatoms. The van der Waals surface area contributed by atoms with Crippen LogP contribution in [-0.2, 0) is 16.1 Å². The Bertz CT molecular complexity index is 709. The van der Waals surface area contributed by atoms with Gasteiger partial charge in [0, 0.05) is 37.5 Å². The summed E-state index contributed by atoms with van der Waals surface area (Å²) in [6.45, 7) is 2.48. The standard InChI is InChI=1S/C17H19N3O3/c1-19-7-10(8-19)11-3-2-4-12-13(11)9-20(17(12)23)14-5-6-15(21)18-16(14)22/h2-4,10,14H,5-9H2,1H3,(H,18,21,22). The minimum absolute atomic E-state index is 0.0935. The van der Waals surface area contributed by atoms with Crippen molar-refractivity contribution in [1.29, 1.82) is 0 Å². The first-order valence-corrected chi connectivity index (χ1v) is 7.99. The third kappa shape index (κ3) is 2.25. The van der Waals surface area contributed by atoms with Gasteiger partial charge in [-0.15, -0.1) is 0 Å². The van der Waals surface area contributed by atoms with Crippen molar-refractivity contribution in [2.75, 3.05) is 20.1 Å². The van der Waals surface area contributed by atoms with E-state index in [-0.39, 0.29) is 24.1 Å². The van der Waals surface area contributed by atoms with E-state index in [2.05, 4.69) is 23.3 Å². The molecule has 1 N–H and O–H groups in total. The van der Waals surface area contributed by atoms with Crippen LogP contribution >= 0.6 is 0 Å². The molecule has 1 aromatic carbocycles. The molecule has 0 spiro atoms. The molecule has 3 heterocycles. The van der Waals surface area contributed by atoms with Gasteiger partial charge in [-0.1, -0.05) is 12.1 Å². The van der Waals surface area contributed by atoms with Crippen LogP contribution in [0.2, 0.25) is 0 Å². The molecule has 6 nitrogen and oxygen atoms in total. The van der Waals surface area contributed by atoms with Crippen LogP contribution in [0.3, 0.4) is 0 Å². The van der Waals surface area contributed by atoms with Crippen molar-refractivity contribution >= 4 is 17.7 Å². The highest BCUT2D eigenvalue weighted by molar-refractivity contribution is 6.05. The Morgan fingerprint density at radius 2 is 1.96 bits per heavy atom. The summed E-state index contributed by atoms with van der Waals surface area (Å²) in [6, 6.07) is 5.33. The fourth-order valence-electron chi connectivity index (χ4n) is 3.89. The summed E-state index contributed by atoms with van der Waals surface area (Å²) < 4.78 is 0. The third-order valence-corrected chi connectivity index (χ3v) is 5.12. The number of imide groups is 1. The summed E-state index contributed by atoms with van der Waals surface area (Å²) in [7, 11) is 2.08. The quantitative estimate of drug-likeness (QED) is 0.806. The van der Waals surface area contributed by atoms with Crippen LogP contribution in [0.1, 0.15) is 40.2 Å². The first-order chi connectivity index (χ1) is 11.0. The maximum Gasteiger partial charge on any atom is 0.255 e. The fourth-order valence-corrected chi connectivity index (χ4v) is 3.89. The maximum absolute atomic E-state index is 12.7. The van der Waals surface area contributed by atoms with E-state index in [9.17, 15) is 14.4 Å². The Labute approximate surface area is 134 Å². The monoisotopic (exact) mass is 313 g/mol. The number of hydrogen-bond donors (Lipinski definition) is 1. The summed E-state index contributed by atoms with van der Waals surface area (Å²) >= 11 is 0. The van der Waals surface area contributed by atoms with Gasteiger partial charge in [-0.25, -0.2) is 0 Å². The molecule has 1 atom stereocenters. The van der Waals surface area contributed by atoms with Crippen LogP contribution in [0, 0.1) is 0 Å². The van der Waals surface area contributed by atoms with Crippen molar-refractivity contribution in [2.45, 2.75) is 31.3 Å². The molecular formula is C17H19N3O3. The fraction of sp³-hybridized carbons (Fsp3) is 0.471. The second-order valence-corrected chi connectivity index (χ2v) is 6.69. The molecule has 3 amide bonds. The lowest BCUT2D eigenvalue weighted by atomic mass is 9.87. The third-order valence-electron chi connectivity index (χ3n) is 5.12. The lowest BCUT2D eigenvalue weighted by Gasteiger charge is -2.37. The molecule has 0 aliphatic carbocycles. The van der Waals surface area contributed by atoms with Gasteiger partial charge in [-0.05, 0) is 30.7 Å². The number of likely N-dealkylation sites (N-methyl/N-ethyl adjacent to an activating group) is 1. The zero-order valence-corrected chi connectivity index (χ0v) is 13.0. The summed E-state index contributed by atoms with van der Waals surface area (Å²) in [5.41, 5.74) is 2.99. The topological polar surface area (TPSA) is 69.7 Å². The van der Waals surface area contributed by atoms with Crippen LogP contribution in [0.15, 0.2) is 18.2 Å². The van der Waals surface area contributed by atoms with Gasteiger partial charge in [0.15, 0.2) is 0 Å². The minimum Gasteiger partial charge on any atom is -0.322 e. The first-order valence-electron chi connectivity index (χ1n) is 7.99. The highest BCUT2D eigenvalue weighted by Crippen LogP contribution is 2.35. The van der Waals surface area contributed by atoms with E-state index in [1.165, 1.54) is 5.56 Å². The number of piperidine rings is 1. The van der Waals surface area contributed by atoms with E-state index >= 15 is 0 Å². The lowest BCUT2D eigenvalue weighted by Crippen LogP contribution is -2.52. The van der Waals surface area contributed by atoms with Crippen LogP contribution in [0.4, 0.5) is 0 Å². The highest BCUT2D eigenvalue weighted by Gasteiger charge is 2.41. The Morgan fingerprint density at radius 3 is 2.65 bits per heavy atom. The second-order valence-electron chi connectivity index (χ2n) is 6.69. The van der Waals surface area contributed by atoms with E-state index in [1.54, 1.807) is 4.90 Å². The number of carbonyl (C=O) groups excluding carboxylic acids is 3. The molecule has 23 heavy (non-hydrogen) atoms. The molecule has 120 valence electrons. The van der Waals surface area contributed by atoms with Gasteiger partial charge in [0.2, 0.25) is 11.8 Å². The molecule has 2 fully saturated rings. The number of nitrogens with zero attached hydrogens (tertiary/aromatic N) is 2. The van der Waals surface area contributed by atoms with Crippen molar-refractivity contribution < 1.29 is 14.4 Å². The zero-order valence-electron chi connectivity index (χ0n) is 13.0. The number of rotatable bonds is 2. The predicted molar refractivity (Wildman–Crippen MR) is 82.7 cm³/mol. The Hall–Kier alpha value is -2.21. The first kappa shape index (κ1) is 14.4. The summed E-state index contributed by atoms with van der Waals surface area (Å²) in [5, 5.41) is 2.34. The van der Waals surface area contributed by atoms with Crippen molar-refractivity contribution in [3.8, 4) is 0 Å². The van der Waals surface area contributed by atoms with Crippen LogP contribution in [-0.4, -0.2) is 53.7 Å². The van der Waals surface area contributed by atoms with Gasteiger partial charge in [-0.2, -0.15) is 0 Å². The van der Waals surface area contributed by atoms with Gasteiger partial charge in [0.25, 0.3) is 5.91 Å². The molecule has 0 radical (unpaired) electrons. The largest absolute Gasteiger partial charge is 0.322 e. The zero-order chi connectivity index (χ0) is 16.1. The van der Waals surface area contributed by atoms with Gasteiger partial charge >= 0.3 is 0 Å². The highest BCUT2D eigenvalue weighted by atomic mass is 16.2. The predicted octanol–water partition coefficient (Wildman–Crippen LogP) is 0.477. The van der Waals surface area contributed by atoms with Crippen LogP contribution in [0.25, 0.3) is 0 Å². The molecule has 3 aliphatic heterocycles. The summed E-state index contributed by atoms with van der Waals surface area (Å²) in [5.74, 6) is -0.241. The Morgan fingerprint density at radius 1 is 1.17 bits per heavy atom. The second kappa shape index (κ2) is 5.16. The smallest absolute Gasteiger partial charge is 0.255 e. The SMILES string of the molecule is CN1CC(c2cccc3c2CN(C2CCC(=O)NC2=O)C3=O)C1. The van der Waals surface area contributed by atoms with Gasteiger partial charge < -0.3 is 9.80 Å². The van der Waals surface area contributed by atoms with Crippen molar-refractivity contribution in [3.63, 3.8) is 0 Å². The lowest BCUT2D eigenvalue weighted by molar-refractivity contribution is -0.136. The van der Waals surface area contributed by atoms with Gasteiger partial charge in [0.1, 0.15) is 6.04 Å². The molecule has 1 unspecified atom stereocenters. The minimum atomic E-state index is -0.537. The van der Waals surface area contributed by atoms with E-state index in [0.29, 0.717) is 24.4 Å². The van der Waals surface area contributed by atoms with Gasteiger partial charge in [0.05, 0.1) is 0 Å². The number of hydrogen-bond acceptors (Lipinski definition) is 4. The normalized spacial score (nSPS) is 25.3. The molecule has 1 aromatic rings. The average Bonchev–Trinajstić information content (AvgIpc) is 2.82. The number of benzene rings is 1. The van der Waals surface area contributed by atoms with E-state index in [1.807, 2.05) is 12.1 Å². The molecule has 4 rings (SSSR count). The van der Waals surface area contributed by atoms with E-state index in [0.717, 1.165) is 18.7 Å². The Kier molecular flexibility index (Phi) is 3.23. The average molecular weight is 313 g/mol. The van der Waals surface area contributed by atoms with Crippen molar-refractivity contribution in [1.82, 2.24) is 15.1 Å². The molecule has 2 saturated heterocycles. The van der Waals surface area contributed by atoms with E-state index in [4.69, 9.17) is 0 Å². The number of likely N-dealkylation sites (tertiary alicyclic amines) is 1. The number of carbonyl (C=O) groups is 3. The number of nitrogens with one attached hydrogen (secondary N) is 1.